The summed E-state index contributed by atoms with van der Waals surface area (Å²) in [5, 5.41) is 4.14. The average molecular weight is 352 g/mol. The van der Waals surface area contributed by atoms with Crippen LogP contribution in [-0.2, 0) is 11.3 Å². The van der Waals surface area contributed by atoms with Gasteiger partial charge in [0.2, 0.25) is 5.91 Å². The Bertz CT molecular complexity index is 438. The lowest BCUT2D eigenvalue weighted by Gasteiger charge is -2.37. The Balaban J connectivity index is 0.00000220. The third-order valence-corrected chi connectivity index (χ3v) is 3.98. The van der Waals surface area contributed by atoms with Crippen LogP contribution in [0.3, 0.4) is 0 Å². The quantitative estimate of drug-likeness (QED) is 0.878. The normalized spacial score (nSPS) is 20.5. The number of hydrogen-bond donors (Lipinski definition) is 1. The molecule has 2 heterocycles. The largest absolute Gasteiger partial charge is 0.341 e. The molecule has 1 aromatic rings. The second kappa shape index (κ2) is 9.33. The number of halogens is 2. The summed E-state index contributed by atoms with van der Waals surface area (Å²) in [6, 6.07) is 0. The van der Waals surface area contributed by atoms with Crippen molar-refractivity contribution in [2.24, 2.45) is 11.7 Å². The van der Waals surface area contributed by atoms with E-state index >= 15 is 0 Å². The van der Waals surface area contributed by atoms with Gasteiger partial charge in [0, 0.05) is 19.6 Å². The van der Waals surface area contributed by atoms with E-state index in [1.54, 1.807) is 12.7 Å². The first-order chi connectivity index (χ1) is 9.53. The van der Waals surface area contributed by atoms with Crippen molar-refractivity contribution in [2.45, 2.75) is 51.6 Å². The minimum absolute atomic E-state index is 0. The van der Waals surface area contributed by atoms with E-state index in [1.165, 1.54) is 0 Å². The molecule has 0 aliphatic carbocycles. The van der Waals surface area contributed by atoms with Crippen molar-refractivity contribution < 1.29 is 4.79 Å². The molecule has 2 N–H and O–H groups in total. The van der Waals surface area contributed by atoms with Crippen molar-refractivity contribution in [3.63, 3.8) is 0 Å². The van der Waals surface area contributed by atoms with E-state index in [0.717, 1.165) is 45.3 Å². The van der Waals surface area contributed by atoms with Crippen LogP contribution in [-0.4, -0.2) is 44.2 Å². The van der Waals surface area contributed by atoms with Gasteiger partial charge in [0.25, 0.3) is 0 Å². The molecule has 1 aromatic heterocycles. The molecule has 2 rings (SSSR count). The molecule has 0 aromatic carbocycles. The molecule has 6 nitrogen and oxygen atoms in total. The van der Waals surface area contributed by atoms with Gasteiger partial charge in [-0.15, -0.1) is 24.8 Å². The molecule has 8 heteroatoms. The maximum absolute atomic E-state index is 12.5. The second-order valence-electron chi connectivity index (χ2n) is 6.04. The van der Waals surface area contributed by atoms with Crippen LogP contribution in [0.5, 0.6) is 0 Å². The molecule has 2 atom stereocenters. The zero-order chi connectivity index (χ0) is 14.6. The fourth-order valence-corrected chi connectivity index (χ4v) is 2.98. The number of nitrogens with zero attached hydrogens (tertiary/aromatic N) is 4. The zero-order valence-corrected chi connectivity index (χ0v) is 14.9. The number of carbonyl (C=O) groups excluding carboxylic acids is 1. The van der Waals surface area contributed by atoms with E-state index in [4.69, 9.17) is 5.73 Å². The summed E-state index contributed by atoms with van der Waals surface area (Å²) < 4.78 is 1.84. The number of likely N-dealkylation sites (tertiary alicyclic amines) is 1. The summed E-state index contributed by atoms with van der Waals surface area (Å²) in [5.41, 5.74) is 5.43. The fourth-order valence-electron chi connectivity index (χ4n) is 2.98. The predicted octanol–water partition coefficient (Wildman–Crippen LogP) is 1.88. The van der Waals surface area contributed by atoms with E-state index in [-0.39, 0.29) is 30.7 Å². The summed E-state index contributed by atoms with van der Waals surface area (Å²) in [6.07, 6.45) is 7.09. The molecule has 1 fully saturated rings. The number of rotatable bonds is 5. The maximum atomic E-state index is 12.5. The highest BCUT2D eigenvalue weighted by atomic mass is 35.5. The van der Waals surface area contributed by atoms with Crippen LogP contribution >= 0.6 is 24.8 Å². The van der Waals surface area contributed by atoms with Gasteiger partial charge in [0.15, 0.2) is 0 Å². The first kappa shape index (κ1) is 21.1. The lowest BCUT2D eigenvalue weighted by molar-refractivity contribution is -0.138. The SMILES string of the molecule is CCCC(C)(N)C(=O)N1CCCC(Cn2cncn2)C1.Cl.Cl. The molecule has 0 radical (unpaired) electrons. The lowest BCUT2D eigenvalue weighted by atomic mass is 9.92. The Labute approximate surface area is 144 Å². The van der Waals surface area contributed by atoms with Crippen LogP contribution in [0, 0.1) is 5.92 Å². The number of carbonyl (C=O) groups is 1. The van der Waals surface area contributed by atoms with Crippen LogP contribution in [0.15, 0.2) is 12.7 Å². The van der Waals surface area contributed by atoms with Crippen molar-refractivity contribution >= 4 is 30.7 Å². The lowest BCUT2D eigenvalue weighted by Crippen LogP contribution is -2.55. The zero-order valence-electron chi connectivity index (χ0n) is 13.3. The van der Waals surface area contributed by atoms with Crippen molar-refractivity contribution in [3.05, 3.63) is 12.7 Å². The van der Waals surface area contributed by atoms with Crippen molar-refractivity contribution in [3.8, 4) is 0 Å². The molecule has 22 heavy (non-hydrogen) atoms. The minimum Gasteiger partial charge on any atom is -0.341 e. The minimum atomic E-state index is -0.732. The highest BCUT2D eigenvalue weighted by Crippen LogP contribution is 2.21. The van der Waals surface area contributed by atoms with Crippen LogP contribution in [0.25, 0.3) is 0 Å². The van der Waals surface area contributed by atoms with Gasteiger partial charge in [0.05, 0.1) is 5.54 Å². The molecule has 1 saturated heterocycles. The third kappa shape index (κ3) is 5.41. The summed E-state index contributed by atoms with van der Waals surface area (Å²) >= 11 is 0. The first-order valence-electron chi connectivity index (χ1n) is 7.43. The van der Waals surface area contributed by atoms with Gasteiger partial charge in [-0.05, 0) is 32.1 Å². The highest BCUT2D eigenvalue weighted by molar-refractivity contribution is 5.86. The Morgan fingerprint density at radius 2 is 2.18 bits per heavy atom. The van der Waals surface area contributed by atoms with Crippen molar-refractivity contribution in [2.75, 3.05) is 13.1 Å². The maximum Gasteiger partial charge on any atom is 0.242 e. The van der Waals surface area contributed by atoms with E-state index < -0.39 is 5.54 Å². The number of amides is 1. The number of hydrogen-bond acceptors (Lipinski definition) is 4. The van der Waals surface area contributed by atoms with Crippen LogP contribution in [0.4, 0.5) is 0 Å². The number of nitrogens with two attached hydrogens (primary N) is 1. The monoisotopic (exact) mass is 351 g/mol. The second-order valence-corrected chi connectivity index (χ2v) is 6.04. The van der Waals surface area contributed by atoms with Crippen molar-refractivity contribution in [1.29, 1.82) is 0 Å². The van der Waals surface area contributed by atoms with Crippen molar-refractivity contribution in [1.82, 2.24) is 19.7 Å². The summed E-state index contributed by atoms with van der Waals surface area (Å²) in [6.45, 7) is 6.32. The average Bonchev–Trinajstić information content (AvgIpc) is 2.91. The molecule has 1 amide bonds. The van der Waals surface area contributed by atoms with E-state index in [9.17, 15) is 4.79 Å². The molecule has 0 bridgehead atoms. The Morgan fingerprint density at radius 1 is 1.45 bits per heavy atom. The smallest absolute Gasteiger partial charge is 0.242 e. The van der Waals surface area contributed by atoms with Crippen LogP contribution in [0.1, 0.15) is 39.5 Å². The summed E-state index contributed by atoms with van der Waals surface area (Å²) in [7, 11) is 0. The first-order valence-corrected chi connectivity index (χ1v) is 7.43. The standard InChI is InChI=1S/C14H25N5O.2ClH/c1-3-6-14(2,15)13(20)18-7-4-5-12(8-18)9-19-11-16-10-17-19;;/h10-12H,3-9,15H2,1-2H3;2*1H. The van der Waals surface area contributed by atoms with Gasteiger partial charge < -0.3 is 10.6 Å². The van der Waals surface area contributed by atoms with Gasteiger partial charge in [-0.1, -0.05) is 13.3 Å². The molecule has 2 unspecified atom stereocenters. The van der Waals surface area contributed by atoms with Crippen LogP contribution in [0.2, 0.25) is 0 Å². The Hall–Kier alpha value is -0.850. The highest BCUT2D eigenvalue weighted by Gasteiger charge is 2.34. The van der Waals surface area contributed by atoms with Gasteiger partial charge in [-0.3, -0.25) is 9.48 Å². The third-order valence-electron chi connectivity index (χ3n) is 3.98. The summed E-state index contributed by atoms with van der Waals surface area (Å²) in [5.74, 6) is 0.523. The topological polar surface area (TPSA) is 77.0 Å². The van der Waals surface area contributed by atoms with E-state index in [0.29, 0.717) is 5.92 Å². The van der Waals surface area contributed by atoms with Gasteiger partial charge >= 0.3 is 0 Å². The molecular weight excluding hydrogens is 325 g/mol. The Kier molecular flexibility index (Phi) is 8.96. The van der Waals surface area contributed by atoms with Gasteiger partial charge in [-0.25, -0.2) is 4.98 Å². The number of aromatic nitrogens is 3. The van der Waals surface area contributed by atoms with Crippen LogP contribution < -0.4 is 5.73 Å². The number of piperidine rings is 1. The predicted molar refractivity (Wildman–Crippen MR) is 91.3 cm³/mol. The van der Waals surface area contributed by atoms with E-state index in [1.807, 2.05) is 16.5 Å². The Morgan fingerprint density at radius 3 is 2.77 bits per heavy atom. The van der Waals surface area contributed by atoms with Gasteiger partial charge in [-0.2, -0.15) is 5.10 Å². The fraction of sp³-hybridized carbons (Fsp3) is 0.786. The molecule has 128 valence electrons. The van der Waals surface area contributed by atoms with E-state index in [2.05, 4.69) is 17.0 Å². The molecule has 0 spiro atoms. The molecule has 1 aliphatic heterocycles. The molecule has 0 saturated carbocycles. The van der Waals surface area contributed by atoms with Gasteiger partial charge in [0.1, 0.15) is 12.7 Å². The summed E-state index contributed by atoms with van der Waals surface area (Å²) in [4.78, 5) is 18.4. The molecular formula is C14H27Cl2N5O. The molecule has 1 aliphatic rings.